The van der Waals surface area contributed by atoms with E-state index in [0.717, 1.165) is 23.4 Å². The molecule has 3 aliphatic rings. The lowest BCUT2D eigenvalue weighted by Gasteiger charge is -2.37. The standard InChI is InChI=1S/C25H28ClN3O3S/c1-5-18-27-28-24(33-18)29-20(13-6-8-14(9-7-13)25(2,3)4)19-21(30)16-12-15(26)10-11-17(16)32-22(19)23(29)31/h6-9,15-17,20H,5,10-12H2,1-4H3. The van der Waals surface area contributed by atoms with E-state index in [-0.39, 0.29) is 40.3 Å². The Bertz CT molecular complexity index is 1130. The molecule has 0 radical (unpaired) electrons. The van der Waals surface area contributed by atoms with Crippen molar-refractivity contribution in [3.8, 4) is 0 Å². The van der Waals surface area contributed by atoms with Crippen LogP contribution in [0.1, 0.15) is 69.1 Å². The van der Waals surface area contributed by atoms with E-state index >= 15 is 0 Å². The minimum atomic E-state index is -0.580. The molecular formula is C25H28ClN3O3S. The van der Waals surface area contributed by atoms with E-state index in [4.69, 9.17) is 16.3 Å². The van der Waals surface area contributed by atoms with Crippen LogP contribution in [-0.2, 0) is 26.2 Å². The van der Waals surface area contributed by atoms with Gasteiger partial charge in [0.2, 0.25) is 5.13 Å². The number of nitrogens with zero attached hydrogens (tertiary/aromatic N) is 3. The minimum absolute atomic E-state index is 0.00214. The van der Waals surface area contributed by atoms with Gasteiger partial charge < -0.3 is 4.74 Å². The predicted molar refractivity (Wildman–Crippen MR) is 129 cm³/mol. The summed E-state index contributed by atoms with van der Waals surface area (Å²) in [7, 11) is 0. The van der Waals surface area contributed by atoms with Crippen molar-refractivity contribution in [1.82, 2.24) is 10.2 Å². The van der Waals surface area contributed by atoms with Crippen LogP contribution in [0, 0.1) is 5.92 Å². The van der Waals surface area contributed by atoms with E-state index in [1.54, 1.807) is 4.90 Å². The van der Waals surface area contributed by atoms with E-state index in [9.17, 15) is 9.59 Å². The number of aromatic nitrogens is 2. The zero-order chi connectivity index (χ0) is 23.5. The lowest BCUT2D eigenvalue weighted by molar-refractivity contribution is -0.131. The summed E-state index contributed by atoms with van der Waals surface area (Å²) in [4.78, 5) is 29.0. The van der Waals surface area contributed by atoms with Crippen molar-refractivity contribution >= 4 is 39.8 Å². The fourth-order valence-corrected chi connectivity index (χ4v) is 6.10. The lowest BCUT2D eigenvalue weighted by atomic mass is 9.77. The smallest absolute Gasteiger partial charge is 0.296 e. The number of carbonyl (C=O) groups is 2. The molecule has 2 aliphatic heterocycles. The number of ether oxygens (including phenoxy) is 1. The molecule has 33 heavy (non-hydrogen) atoms. The molecular weight excluding hydrogens is 458 g/mol. The van der Waals surface area contributed by atoms with E-state index in [0.29, 0.717) is 23.5 Å². The highest BCUT2D eigenvalue weighted by Gasteiger charge is 2.54. The molecule has 4 unspecified atom stereocenters. The van der Waals surface area contributed by atoms with Gasteiger partial charge in [0.1, 0.15) is 11.1 Å². The quantitative estimate of drug-likeness (QED) is 0.564. The van der Waals surface area contributed by atoms with Crippen molar-refractivity contribution in [2.24, 2.45) is 5.92 Å². The number of fused-ring (bicyclic) bond motifs is 1. The molecule has 8 heteroatoms. The molecule has 1 amide bonds. The second-order valence-corrected chi connectivity index (χ2v) is 11.7. The molecule has 0 bridgehead atoms. The van der Waals surface area contributed by atoms with Gasteiger partial charge in [0, 0.05) is 5.38 Å². The predicted octanol–water partition coefficient (Wildman–Crippen LogP) is 5.12. The summed E-state index contributed by atoms with van der Waals surface area (Å²) in [6, 6.07) is 7.58. The molecule has 1 saturated carbocycles. The first kappa shape index (κ1) is 22.5. The number of amides is 1. The van der Waals surface area contributed by atoms with E-state index in [1.807, 2.05) is 19.1 Å². The largest absolute Gasteiger partial charge is 0.483 e. The van der Waals surface area contributed by atoms with Crippen molar-refractivity contribution in [3.63, 3.8) is 0 Å². The topological polar surface area (TPSA) is 72.4 Å². The fourth-order valence-electron chi connectivity index (χ4n) is 4.98. The number of alkyl halides is 1. The van der Waals surface area contributed by atoms with Gasteiger partial charge in [-0.25, -0.2) is 0 Å². The number of carbonyl (C=O) groups excluding carboxylic acids is 2. The number of halogens is 1. The fraction of sp³-hybridized carbons (Fsp3) is 0.520. The number of rotatable bonds is 3. The van der Waals surface area contributed by atoms with Crippen molar-refractivity contribution in [3.05, 3.63) is 51.7 Å². The number of benzene rings is 1. The van der Waals surface area contributed by atoms with Gasteiger partial charge in [-0.05, 0) is 42.2 Å². The molecule has 1 aromatic heterocycles. The molecule has 1 aromatic carbocycles. The SMILES string of the molecule is CCc1nnc(N2C(=O)C3=C(C(=O)C4CC(Cl)CCC4O3)C2c2ccc(C(C)(C)C)cc2)s1. The van der Waals surface area contributed by atoms with Gasteiger partial charge in [-0.2, -0.15) is 0 Å². The van der Waals surface area contributed by atoms with Gasteiger partial charge in [-0.15, -0.1) is 21.8 Å². The molecule has 3 heterocycles. The Hall–Kier alpha value is -2.25. The number of anilines is 1. The van der Waals surface area contributed by atoms with Crippen LogP contribution in [-0.4, -0.2) is 33.4 Å². The maximum absolute atomic E-state index is 13.8. The Balaban J connectivity index is 1.61. The minimum Gasteiger partial charge on any atom is -0.483 e. The molecule has 1 fully saturated rings. The Morgan fingerprint density at radius 2 is 1.88 bits per heavy atom. The second kappa shape index (κ2) is 8.20. The Morgan fingerprint density at radius 1 is 1.15 bits per heavy atom. The van der Waals surface area contributed by atoms with Crippen LogP contribution in [0.4, 0.5) is 5.13 Å². The van der Waals surface area contributed by atoms with Gasteiger partial charge in [0.15, 0.2) is 11.5 Å². The van der Waals surface area contributed by atoms with Crippen LogP contribution in [0.15, 0.2) is 35.6 Å². The van der Waals surface area contributed by atoms with Crippen LogP contribution in [0.5, 0.6) is 0 Å². The number of hydrogen-bond acceptors (Lipinski definition) is 6. The number of hydrogen-bond donors (Lipinski definition) is 0. The molecule has 6 nitrogen and oxygen atoms in total. The average molecular weight is 486 g/mol. The molecule has 2 aromatic rings. The number of Topliss-reactive ketones (excluding diaryl/α,β-unsaturated/α-hetero) is 1. The molecule has 0 saturated heterocycles. The summed E-state index contributed by atoms with van der Waals surface area (Å²) in [5.74, 6) is -0.474. The highest BCUT2D eigenvalue weighted by Crippen LogP contribution is 2.49. The summed E-state index contributed by atoms with van der Waals surface area (Å²) in [5, 5.41) is 9.80. The van der Waals surface area contributed by atoms with Crippen LogP contribution in [0.3, 0.4) is 0 Å². The highest BCUT2D eigenvalue weighted by atomic mass is 35.5. The summed E-state index contributed by atoms with van der Waals surface area (Å²) < 4.78 is 6.23. The Labute approximate surface area is 203 Å². The Morgan fingerprint density at radius 3 is 2.52 bits per heavy atom. The molecule has 4 atom stereocenters. The van der Waals surface area contributed by atoms with Crippen molar-refractivity contribution in [2.75, 3.05) is 4.90 Å². The van der Waals surface area contributed by atoms with E-state index in [1.165, 1.54) is 16.9 Å². The lowest BCUT2D eigenvalue weighted by Crippen LogP contribution is -2.41. The van der Waals surface area contributed by atoms with Crippen molar-refractivity contribution in [2.45, 2.75) is 76.3 Å². The van der Waals surface area contributed by atoms with E-state index in [2.05, 4.69) is 43.1 Å². The molecule has 1 aliphatic carbocycles. The second-order valence-electron chi connectivity index (χ2n) is 10.1. The number of aryl methyl sites for hydroxylation is 1. The van der Waals surface area contributed by atoms with Crippen LogP contribution in [0.25, 0.3) is 0 Å². The first-order valence-electron chi connectivity index (χ1n) is 11.5. The van der Waals surface area contributed by atoms with Crippen LogP contribution < -0.4 is 4.90 Å². The van der Waals surface area contributed by atoms with Gasteiger partial charge in [-0.1, -0.05) is 63.3 Å². The zero-order valence-electron chi connectivity index (χ0n) is 19.3. The van der Waals surface area contributed by atoms with Crippen LogP contribution >= 0.6 is 22.9 Å². The number of ketones is 1. The third kappa shape index (κ3) is 3.79. The summed E-state index contributed by atoms with van der Waals surface area (Å²) in [6.45, 7) is 8.48. The maximum Gasteiger partial charge on any atom is 0.296 e. The maximum atomic E-state index is 13.8. The van der Waals surface area contributed by atoms with Gasteiger partial charge in [0.05, 0.1) is 17.5 Å². The molecule has 0 N–H and O–H groups in total. The highest BCUT2D eigenvalue weighted by molar-refractivity contribution is 7.15. The third-order valence-electron chi connectivity index (χ3n) is 6.84. The third-order valence-corrected chi connectivity index (χ3v) is 8.30. The molecule has 0 spiro atoms. The summed E-state index contributed by atoms with van der Waals surface area (Å²) >= 11 is 7.79. The average Bonchev–Trinajstić information content (AvgIpc) is 3.36. The molecule has 174 valence electrons. The van der Waals surface area contributed by atoms with Crippen molar-refractivity contribution in [1.29, 1.82) is 0 Å². The molecule has 5 rings (SSSR count). The summed E-state index contributed by atoms with van der Waals surface area (Å²) in [6.07, 6.45) is 2.47. The monoisotopic (exact) mass is 485 g/mol. The van der Waals surface area contributed by atoms with Crippen LogP contribution in [0.2, 0.25) is 0 Å². The zero-order valence-corrected chi connectivity index (χ0v) is 20.9. The normalized spacial score (nSPS) is 27.5. The van der Waals surface area contributed by atoms with Gasteiger partial charge in [0.25, 0.3) is 5.91 Å². The van der Waals surface area contributed by atoms with Crippen molar-refractivity contribution < 1.29 is 14.3 Å². The van der Waals surface area contributed by atoms with E-state index < -0.39 is 6.04 Å². The first-order valence-corrected chi connectivity index (χ1v) is 12.8. The van der Waals surface area contributed by atoms with Gasteiger partial charge >= 0.3 is 0 Å². The summed E-state index contributed by atoms with van der Waals surface area (Å²) in [5.41, 5.74) is 2.48. The first-order chi connectivity index (χ1) is 15.7. The Kier molecular flexibility index (Phi) is 5.60. The van der Waals surface area contributed by atoms with Gasteiger partial charge in [-0.3, -0.25) is 14.5 Å².